The van der Waals surface area contributed by atoms with Crippen LogP contribution in [0.25, 0.3) is 0 Å². The normalized spacial score (nSPS) is 52.5. The Balaban J connectivity index is 1.32. The summed E-state index contributed by atoms with van der Waals surface area (Å²) < 4.78 is 29.7. The van der Waals surface area contributed by atoms with Gasteiger partial charge in [0.05, 0.1) is 17.6 Å². The van der Waals surface area contributed by atoms with Gasteiger partial charge in [-0.3, -0.25) is 0 Å². The number of carbonyl (C=O) groups excluding carboxylic acids is 1. The molecule has 3 saturated carbocycles. The van der Waals surface area contributed by atoms with E-state index in [-0.39, 0.29) is 19.4 Å². The number of benzene rings is 1. The largest absolute Gasteiger partial charge is 0.461 e. The average Bonchev–Trinajstić information content (AvgIpc) is 3.00. The minimum Gasteiger partial charge on any atom is -0.461 e. The molecule has 0 spiro atoms. The van der Waals surface area contributed by atoms with Crippen molar-refractivity contribution in [3.63, 3.8) is 0 Å². The van der Waals surface area contributed by atoms with Crippen LogP contribution in [-0.2, 0) is 23.7 Å². The lowest BCUT2D eigenvalue weighted by atomic mass is 9.41. The summed E-state index contributed by atoms with van der Waals surface area (Å²) in [6.45, 7) is 0.985. The molecule has 6 unspecified atom stereocenters. The molecule has 7 aliphatic rings. The number of ether oxygens (including phenoxy) is 5. The third kappa shape index (κ3) is 2.59. The highest BCUT2D eigenvalue weighted by atomic mass is 16.8. The van der Waals surface area contributed by atoms with E-state index in [1.807, 2.05) is 0 Å². The van der Waals surface area contributed by atoms with Gasteiger partial charge in [0, 0.05) is 12.3 Å². The van der Waals surface area contributed by atoms with Gasteiger partial charge in [0.2, 0.25) is 0 Å². The van der Waals surface area contributed by atoms with Gasteiger partial charge >= 0.3 is 5.97 Å². The zero-order valence-electron chi connectivity index (χ0n) is 18.4. The molecule has 1 aromatic carbocycles. The molecular weight excluding hydrogens is 452 g/mol. The van der Waals surface area contributed by atoms with Crippen molar-refractivity contribution in [2.24, 2.45) is 11.3 Å². The van der Waals surface area contributed by atoms with E-state index in [4.69, 9.17) is 23.7 Å². The molecule has 4 aliphatic heterocycles. The third-order valence-corrected chi connectivity index (χ3v) is 8.57. The van der Waals surface area contributed by atoms with Gasteiger partial charge in [-0.2, -0.15) is 0 Å². The predicted octanol–water partition coefficient (Wildman–Crippen LogP) is -1.36. The van der Waals surface area contributed by atoms with E-state index in [0.29, 0.717) is 5.56 Å². The highest BCUT2D eigenvalue weighted by molar-refractivity contribution is 5.89. The summed E-state index contributed by atoms with van der Waals surface area (Å²) in [6.07, 6.45) is -7.87. The topological polar surface area (TPSA) is 164 Å². The van der Waals surface area contributed by atoms with E-state index in [1.165, 1.54) is 0 Å². The Labute approximate surface area is 194 Å². The Morgan fingerprint density at radius 1 is 1.12 bits per heavy atom. The molecule has 1 aromatic rings. The fourth-order valence-electron chi connectivity index (χ4n) is 6.87. The second-order valence-corrected chi connectivity index (χ2v) is 10.2. The van der Waals surface area contributed by atoms with E-state index in [1.54, 1.807) is 37.3 Å². The van der Waals surface area contributed by atoms with Crippen LogP contribution in [0.5, 0.6) is 0 Å². The fourth-order valence-corrected chi connectivity index (χ4v) is 6.87. The van der Waals surface area contributed by atoms with Crippen LogP contribution >= 0.6 is 0 Å². The third-order valence-electron chi connectivity index (χ3n) is 8.57. The first-order chi connectivity index (χ1) is 16.1. The molecule has 4 heterocycles. The van der Waals surface area contributed by atoms with Crippen molar-refractivity contribution >= 4 is 5.97 Å². The molecule has 0 aromatic heterocycles. The van der Waals surface area contributed by atoms with E-state index in [9.17, 15) is 30.3 Å². The molecule has 3 aliphatic carbocycles. The molecule has 11 atom stereocenters. The monoisotopic (exact) mass is 480 g/mol. The Morgan fingerprint density at radius 3 is 2.56 bits per heavy atom. The second-order valence-electron chi connectivity index (χ2n) is 10.2. The van der Waals surface area contributed by atoms with Crippen molar-refractivity contribution in [1.82, 2.24) is 0 Å². The van der Waals surface area contributed by atoms with E-state index in [2.05, 4.69) is 0 Å². The number of hydrogen-bond acceptors (Lipinski definition) is 11. The van der Waals surface area contributed by atoms with Gasteiger partial charge < -0.3 is 49.2 Å². The van der Waals surface area contributed by atoms with Gasteiger partial charge in [0.15, 0.2) is 18.4 Å². The fraction of sp³-hybridized carbons (Fsp3) is 0.696. The molecule has 0 radical (unpaired) electrons. The maximum Gasteiger partial charge on any atom is 0.338 e. The summed E-state index contributed by atoms with van der Waals surface area (Å²) in [5.74, 6) is -2.49. The molecule has 5 N–H and O–H groups in total. The van der Waals surface area contributed by atoms with Crippen LogP contribution in [0.15, 0.2) is 30.3 Å². The standard InChI is InChI=1S/C23H28O11/c1-20-9-22(29)13-7-23(20,32-18-16(27)15(26)14(25)12(8-24)31-18)21(13,19(33-20)34-22)10-30-17(28)11-5-3-2-4-6-11/h2-6,12-16,18-19,24-27,29H,7-10H2,1H3/t12?,13-,14?,15?,16?,18?,19+,20+,21?,22+,23+/m1/s1. The van der Waals surface area contributed by atoms with Gasteiger partial charge in [0.1, 0.15) is 42.2 Å². The number of aliphatic hydroxyl groups is 5. The Hall–Kier alpha value is -1.67. The van der Waals surface area contributed by atoms with Crippen LogP contribution in [0.1, 0.15) is 30.1 Å². The van der Waals surface area contributed by atoms with Crippen molar-refractivity contribution in [2.75, 3.05) is 13.2 Å². The first-order valence-electron chi connectivity index (χ1n) is 11.4. The molecule has 34 heavy (non-hydrogen) atoms. The minimum absolute atomic E-state index is 0.0902. The molecule has 4 saturated heterocycles. The van der Waals surface area contributed by atoms with E-state index >= 15 is 0 Å². The number of aliphatic hydroxyl groups excluding tert-OH is 4. The van der Waals surface area contributed by atoms with Crippen LogP contribution in [0, 0.1) is 11.3 Å². The second kappa shape index (κ2) is 7.19. The summed E-state index contributed by atoms with van der Waals surface area (Å²) in [4.78, 5) is 12.7. The smallest absolute Gasteiger partial charge is 0.338 e. The van der Waals surface area contributed by atoms with Gasteiger partial charge in [-0.1, -0.05) is 18.2 Å². The molecule has 0 amide bonds. The van der Waals surface area contributed by atoms with Crippen LogP contribution < -0.4 is 0 Å². The lowest BCUT2D eigenvalue weighted by molar-refractivity contribution is -0.424. The molecule has 11 nitrogen and oxygen atoms in total. The van der Waals surface area contributed by atoms with Gasteiger partial charge in [-0.05, 0) is 25.5 Å². The summed E-state index contributed by atoms with van der Waals surface area (Å²) in [5.41, 5.74) is -2.99. The molecule has 186 valence electrons. The molecule has 11 heteroatoms. The highest BCUT2D eigenvalue weighted by Crippen LogP contribution is 2.81. The zero-order valence-corrected chi connectivity index (χ0v) is 18.4. The van der Waals surface area contributed by atoms with E-state index in [0.717, 1.165) is 0 Å². The van der Waals surface area contributed by atoms with Crippen molar-refractivity contribution in [1.29, 1.82) is 0 Å². The summed E-state index contributed by atoms with van der Waals surface area (Å²) in [6, 6.07) is 8.47. The lowest BCUT2D eigenvalue weighted by Gasteiger charge is -2.67. The summed E-state index contributed by atoms with van der Waals surface area (Å²) in [7, 11) is 0. The van der Waals surface area contributed by atoms with Gasteiger partial charge in [-0.25, -0.2) is 4.79 Å². The quantitative estimate of drug-likeness (QED) is 0.306. The number of hydrogen-bond donors (Lipinski definition) is 5. The maximum absolute atomic E-state index is 12.7. The first-order valence-corrected chi connectivity index (χ1v) is 11.4. The van der Waals surface area contributed by atoms with Crippen LogP contribution in [0.4, 0.5) is 0 Å². The van der Waals surface area contributed by atoms with E-state index < -0.39 is 77.9 Å². The molecular formula is C23H28O11. The van der Waals surface area contributed by atoms with Crippen LogP contribution in [0.3, 0.4) is 0 Å². The Morgan fingerprint density at radius 2 is 1.85 bits per heavy atom. The molecule has 7 fully saturated rings. The van der Waals surface area contributed by atoms with Gasteiger partial charge in [-0.15, -0.1) is 0 Å². The SMILES string of the molecule is C[C@@]12C[C@]3(O)O[C@H](O1)C1(COC(=O)c4ccccc4)[C@H]3C[C@@]12OC1OC(CO)C(O)C(O)C1O. The van der Waals surface area contributed by atoms with Crippen LogP contribution in [0.2, 0.25) is 0 Å². The Kier molecular flexibility index (Phi) is 4.81. The first kappa shape index (κ1) is 22.8. The number of rotatable bonds is 6. The van der Waals surface area contributed by atoms with Gasteiger partial charge in [0.25, 0.3) is 0 Å². The minimum atomic E-state index is -1.61. The van der Waals surface area contributed by atoms with Crippen molar-refractivity contribution in [2.45, 2.75) is 73.8 Å². The highest BCUT2D eigenvalue weighted by Gasteiger charge is 2.94. The Bertz CT molecular complexity index is 988. The average molecular weight is 480 g/mol. The van der Waals surface area contributed by atoms with Crippen LogP contribution in [-0.4, -0.2) is 98.7 Å². The molecule has 8 rings (SSSR count). The van der Waals surface area contributed by atoms with Crippen molar-refractivity contribution in [3.8, 4) is 0 Å². The van der Waals surface area contributed by atoms with Crippen molar-refractivity contribution < 1.29 is 54.0 Å². The zero-order chi connectivity index (χ0) is 24.1. The lowest BCUT2D eigenvalue weighted by Crippen LogP contribution is -2.80. The maximum atomic E-state index is 12.7. The summed E-state index contributed by atoms with van der Waals surface area (Å²) in [5, 5.41) is 51.7. The van der Waals surface area contributed by atoms with Crippen molar-refractivity contribution in [3.05, 3.63) is 35.9 Å². The molecule has 6 bridgehead atoms. The number of carbonyl (C=O) groups is 1. The summed E-state index contributed by atoms with van der Waals surface area (Å²) >= 11 is 0. The predicted molar refractivity (Wildman–Crippen MR) is 109 cm³/mol. The number of esters is 1.